The highest BCUT2D eigenvalue weighted by Crippen LogP contribution is 2.40. The number of oxazole rings is 1. The average molecular weight is 375 g/mol. The molecule has 0 radical (unpaired) electrons. The van der Waals surface area contributed by atoms with Crippen molar-refractivity contribution in [2.75, 3.05) is 25.5 Å². The first-order valence-corrected chi connectivity index (χ1v) is 9.49. The number of aromatic nitrogens is 1. The monoisotopic (exact) mass is 375 g/mol. The number of carbonyl (C=O) groups is 1. The van der Waals surface area contributed by atoms with E-state index in [2.05, 4.69) is 16.4 Å². The molecule has 0 saturated heterocycles. The fourth-order valence-corrected chi connectivity index (χ4v) is 3.47. The summed E-state index contributed by atoms with van der Waals surface area (Å²) in [6.45, 7) is 1.15. The number of rotatable bonds is 4. The van der Waals surface area contributed by atoms with Gasteiger partial charge in [-0.25, -0.2) is 9.78 Å². The van der Waals surface area contributed by atoms with Crippen molar-refractivity contribution >= 4 is 28.4 Å². The van der Waals surface area contributed by atoms with E-state index >= 15 is 0 Å². The number of amides is 2. The third-order valence-electron chi connectivity index (χ3n) is 5.23. The molecule has 1 N–H and O–H groups in total. The summed E-state index contributed by atoms with van der Waals surface area (Å²) in [6.07, 6.45) is 4.37. The highest BCUT2D eigenvalue weighted by atomic mass is 16.5. The second kappa shape index (κ2) is 6.71. The second-order valence-electron chi connectivity index (χ2n) is 7.28. The maximum Gasteiger partial charge on any atom is 0.322 e. The lowest BCUT2D eigenvalue weighted by Crippen LogP contribution is -2.33. The first-order chi connectivity index (χ1) is 13.7. The molecular weight excluding hydrogens is 354 g/mol. The Kier molecular flexibility index (Phi) is 4.04. The van der Waals surface area contributed by atoms with Crippen LogP contribution in [-0.2, 0) is 0 Å². The number of ether oxygens (including phenoxy) is 1. The van der Waals surface area contributed by atoms with E-state index in [1.165, 1.54) is 0 Å². The molecule has 2 heterocycles. The number of hydrogen-bond donors (Lipinski definition) is 1. The van der Waals surface area contributed by atoms with Crippen molar-refractivity contribution in [1.82, 2.24) is 9.88 Å². The Balaban J connectivity index is 1.26. The molecule has 0 atom stereocenters. The Morgan fingerprint density at radius 3 is 2.96 bits per heavy atom. The summed E-state index contributed by atoms with van der Waals surface area (Å²) in [7, 11) is 1.65. The Hall–Kier alpha value is -3.28. The minimum atomic E-state index is -0.126. The summed E-state index contributed by atoms with van der Waals surface area (Å²) in [4.78, 5) is 19.0. The average Bonchev–Trinajstić information content (AvgIpc) is 3.29. The molecule has 1 aromatic heterocycles. The van der Waals surface area contributed by atoms with Crippen molar-refractivity contribution in [2.24, 2.45) is 0 Å². The molecule has 6 heteroatoms. The smallest absolute Gasteiger partial charge is 0.322 e. The summed E-state index contributed by atoms with van der Waals surface area (Å²) < 4.78 is 11.1. The van der Waals surface area contributed by atoms with Gasteiger partial charge >= 0.3 is 6.03 Å². The van der Waals surface area contributed by atoms with Crippen molar-refractivity contribution in [2.45, 2.75) is 18.8 Å². The number of nitrogens with one attached hydrogen (secondary N) is 1. The molecule has 2 amide bonds. The Bertz CT molecular complexity index is 1080. The van der Waals surface area contributed by atoms with Gasteiger partial charge in [0.05, 0.1) is 7.11 Å². The molecule has 0 spiro atoms. The minimum absolute atomic E-state index is 0.126. The van der Waals surface area contributed by atoms with Crippen LogP contribution in [0.2, 0.25) is 0 Å². The van der Waals surface area contributed by atoms with Gasteiger partial charge in [-0.15, -0.1) is 0 Å². The van der Waals surface area contributed by atoms with E-state index in [-0.39, 0.29) is 6.03 Å². The van der Waals surface area contributed by atoms with E-state index in [1.807, 2.05) is 42.5 Å². The van der Waals surface area contributed by atoms with E-state index in [0.717, 1.165) is 52.4 Å². The molecule has 1 aliphatic carbocycles. The van der Waals surface area contributed by atoms with E-state index in [9.17, 15) is 4.79 Å². The lowest BCUT2D eigenvalue weighted by molar-refractivity contribution is 0.225. The predicted octanol–water partition coefficient (Wildman–Crippen LogP) is 4.64. The van der Waals surface area contributed by atoms with Gasteiger partial charge in [-0.1, -0.05) is 18.2 Å². The summed E-state index contributed by atoms with van der Waals surface area (Å²) in [5.41, 5.74) is 4.48. The molecule has 0 bridgehead atoms. The fraction of sp³-hybridized carbons (Fsp3) is 0.273. The first kappa shape index (κ1) is 16.9. The molecular formula is C22H21N3O3. The van der Waals surface area contributed by atoms with Gasteiger partial charge in [-0.3, -0.25) is 0 Å². The number of urea groups is 1. The van der Waals surface area contributed by atoms with Crippen LogP contribution in [0.3, 0.4) is 0 Å². The molecule has 0 unspecified atom stereocenters. The van der Waals surface area contributed by atoms with Gasteiger partial charge in [-0.2, -0.15) is 0 Å². The van der Waals surface area contributed by atoms with Crippen LogP contribution in [0, 0.1) is 0 Å². The molecule has 5 rings (SSSR count). The molecule has 1 aliphatic heterocycles. The Labute approximate surface area is 162 Å². The molecule has 6 nitrogen and oxygen atoms in total. The Morgan fingerprint density at radius 2 is 2.14 bits per heavy atom. The van der Waals surface area contributed by atoms with Crippen LogP contribution in [0.5, 0.6) is 5.75 Å². The van der Waals surface area contributed by atoms with Gasteiger partial charge in [0.2, 0.25) is 0 Å². The largest absolute Gasteiger partial charge is 0.497 e. The molecule has 28 heavy (non-hydrogen) atoms. The number of nitrogens with zero attached hydrogens (tertiary/aromatic N) is 2. The standard InChI is InChI=1S/C22H21N3O3/c1-27-18-4-2-3-15(11-18)16-9-10-25(13-16)22(26)23-17-7-8-20-19(12-17)24-21(28-20)14-5-6-14/h2-4,7-9,11-12,14H,5-6,10,13H2,1H3,(H,23,26). The lowest BCUT2D eigenvalue weighted by Gasteiger charge is -2.17. The molecule has 2 aromatic carbocycles. The summed E-state index contributed by atoms with van der Waals surface area (Å²) in [6, 6.07) is 13.4. The predicted molar refractivity (Wildman–Crippen MR) is 108 cm³/mol. The Morgan fingerprint density at radius 1 is 1.25 bits per heavy atom. The van der Waals surface area contributed by atoms with Crippen molar-refractivity contribution < 1.29 is 13.9 Å². The van der Waals surface area contributed by atoms with Gasteiger partial charge in [0.25, 0.3) is 0 Å². The molecule has 142 valence electrons. The SMILES string of the molecule is COc1cccc(C2=CCN(C(=O)Nc3ccc4oc(C5CC5)nc4c3)C2)c1. The summed E-state index contributed by atoms with van der Waals surface area (Å²) in [5, 5.41) is 2.97. The van der Waals surface area contributed by atoms with Crippen LogP contribution >= 0.6 is 0 Å². The van der Waals surface area contributed by atoms with Crippen LogP contribution in [0.25, 0.3) is 16.7 Å². The van der Waals surface area contributed by atoms with Crippen molar-refractivity contribution in [3.8, 4) is 5.75 Å². The number of anilines is 1. The zero-order chi connectivity index (χ0) is 19.1. The normalized spacial score (nSPS) is 16.3. The van der Waals surface area contributed by atoms with Gasteiger partial charge in [0.1, 0.15) is 11.3 Å². The van der Waals surface area contributed by atoms with E-state index < -0.39 is 0 Å². The van der Waals surface area contributed by atoms with Crippen LogP contribution in [-0.4, -0.2) is 36.1 Å². The number of hydrogen-bond acceptors (Lipinski definition) is 4. The molecule has 1 fully saturated rings. The number of carbonyl (C=O) groups excluding carboxylic acids is 1. The highest BCUT2D eigenvalue weighted by molar-refractivity contribution is 5.93. The summed E-state index contributed by atoms with van der Waals surface area (Å²) >= 11 is 0. The van der Waals surface area contributed by atoms with E-state index in [0.29, 0.717) is 19.0 Å². The number of fused-ring (bicyclic) bond motifs is 1. The third-order valence-corrected chi connectivity index (χ3v) is 5.23. The van der Waals surface area contributed by atoms with Crippen LogP contribution in [0.15, 0.2) is 53.0 Å². The quantitative estimate of drug-likeness (QED) is 0.721. The van der Waals surface area contributed by atoms with Crippen molar-refractivity contribution in [3.05, 3.63) is 60.0 Å². The minimum Gasteiger partial charge on any atom is -0.497 e. The van der Waals surface area contributed by atoms with E-state index in [1.54, 1.807) is 12.0 Å². The maximum absolute atomic E-state index is 12.7. The molecule has 3 aromatic rings. The zero-order valence-electron chi connectivity index (χ0n) is 15.6. The highest BCUT2D eigenvalue weighted by Gasteiger charge is 2.29. The zero-order valence-corrected chi connectivity index (χ0v) is 15.6. The van der Waals surface area contributed by atoms with Gasteiger partial charge < -0.3 is 19.4 Å². The summed E-state index contributed by atoms with van der Waals surface area (Å²) in [5.74, 6) is 2.09. The maximum atomic E-state index is 12.7. The van der Waals surface area contributed by atoms with Gasteiger partial charge in [0, 0.05) is 24.7 Å². The fourth-order valence-electron chi connectivity index (χ4n) is 3.47. The van der Waals surface area contributed by atoms with Gasteiger partial charge in [-0.05, 0) is 54.3 Å². The van der Waals surface area contributed by atoms with Gasteiger partial charge in [0.15, 0.2) is 11.5 Å². The number of benzene rings is 2. The second-order valence-corrected chi connectivity index (χ2v) is 7.28. The molecule has 2 aliphatic rings. The van der Waals surface area contributed by atoms with Crippen molar-refractivity contribution in [1.29, 1.82) is 0 Å². The van der Waals surface area contributed by atoms with Crippen LogP contribution in [0.4, 0.5) is 10.5 Å². The van der Waals surface area contributed by atoms with Crippen LogP contribution in [0.1, 0.15) is 30.2 Å². The van der Waals surface area contributed by atoms with Crippen molar-refractivity contribution in [3.63, 3.8) is 0 Å². The first-order valence-electron chi connectivity index (χ1n) is 9.49. The lowest BCUT2D eigenvalue weighted by atomic mass is 10.1. The molecule has 1 saturated carbocycles. The number of methoxy groups -OCH3 is 1. The van der Waals surface area contributed by atoms with E-state index in [4.69, 9.17) is 9.15 Å². The topological polar surface area (TPSA) is 67.6 Å². The third kappa shape index (κ3) is 3.22. The van der Waals surface area contributed by atoms with Crippen LogP contribution < -0.4 is 10.1 Å².